The Bertz CT molecular complexity index is 580. The summed E-state index contributed by atoms with van der Waals surface area (Å²) in [4.78, 5) is 13.1. The zero-order chi connectivity index (χ0) is 13.7. The quantitative estimate of drug-likeness (QED) is 0.855. The number of carbonyl (C=O) groups excluding carboxylic acids is 1. The van der Waals surface area contributed by atoms with Gasteiger partial charge < -0.3 is 5.32 Å². The van der Waals surface area contributed by atoms with Gasteiger partial charge in [-0.3, -0.25) is 4.79 Å². The first-order valence-electron chi connectivity index (χ1n) is 6.17. The van der Waals surface area contributed by atoms with Gasteiger partial charge in [-0.15, -0.1) is 11.8 Å². The SMILES string of the molecule is CSc1ccccc1NC(=O)Cc1cccc(C)c1. The number of benzene rings is 2. The number of carbonyl (C=O) groups is 1. The highest BCUT2D eigenvalue weighted by atomic mass is 32.2. The van der Waals surface area contributed by atoms with Crippen LogP contribution >= 0.6 is 11.8 Å². The highest BCUT2D eigenvalue weighted by molar-refractivity contribution is 7.98. The summed E-state index contributed by atoms with van der Waals surface area (Å²) < 4.78 is 0. The van der Waals surface area contributed by atoms with Crippen LogP contribution in [0, 0.1) is 6.92 Å². The van der Waals surface area contributed by atoms with Gasteiger partial charge >= 0.3 is 0 Å². The third kappa shape index (κ3) is 3.86. The molecule has 0 saturated carbocycles. The predicted octanol–water partition coefficient (Wildman–Crippen LogP) is 3.90. The molecular formula is C16H17NOS. The fourth-order valence-electron chi connectivity index (χ4n) is 1.95. The van der Waals surface area contributed by atoms with Crippen molar-refractivity contribution in [2.75, 3.05) is 11.6 Å². The van der Waals surface area contributed by atoms with Crippen molar-refractivity contribution in [1.29, 1.82) is 0 Å². The van der Waals surface area contributed by atoms with E-state index in [1.807, 2.05) is 61.7 Å². The molecule has 2 rings (SSSR count). The summed E-state index contributed by atoms with van der Waals surface area (Å²) in [6, 6.07) is 15.9. The molecule has 0 bridgehead atoms. The lowest BCUT2D eigenvalue weighted by atomic mass is 10.1. The fourth-order valence-corrected chi connectivity index (χ4v) is 2.50. The number of rotatable bonds is 4. The summed E-state index contributed by atoms with van der Waals surface area (Å²) in [7, 11) is 0. The Balaban J connectivity index is 2.05. The van der Waals surface area contributed by atoms with Crippen LogP contribution in [0.15, 0.2) is 53.4 Å². The normalized spacial score (nSPS) is 10.2. The third-order valence-corrected chi connectivity index (χ3v) is 3.62. The maximum atomic E-state index is 12.0. The van der Waals surface area contributed by atoms with E-state index in [4.69, 9.17) is 0 Å². The molecule has 2 nitrogen and oxygen atoms in total. The molecule has 0 heterocycles. The van der Waals surface area contributed by atoms with Gasteiger partial charge in [0.15, 0.2) is 0 Å². The van der Waals surface area contributed by atoms with Crippen LogP contribution in [0.5, 0.6) is 0 Å². The fraction of sp³-hybridized carbons (Fsp3) is 0.188. The molecule has 3 heteroatoms. The van der Waals surface area contributed by atoms with Crippen LogP contribution in [-0.4, -0.2) is 12.2 Å². The van der Waals surface area contributed by atoms with Crippen molar-refractivity contribution >= 4 is 23.4 Å². The van der Waals surface area contributed by atoms with Crippen LogP contribution in [0.25, 0.3) is 0 Å². The van der Waals surface area contributed by atoms with Gasteiger partial charge in [-0.1, -0.05) is 42.0 Å². The second kappa shape index (κ2) is 6.43. The molecule has 0 spiro atoms. The van der Waals surface area contributed by atoms with Gasteiger partial charge in [-0.2, -0.15) is 0 Å². The lowest BCUT2D eigenvalue weighted by Crippen LogP contribution is -2.14. The Hall–Kier alpha value is -1.74. The lowest BCUT2D eigenvalue weighted by molar-refractivity contribution is -0.115. The topological polar surface area (TPSA) is 29.1 Å². The zero-order valence-corrected chi connectivity index (χ0v) is 12.0. The van der Waals surface area contributed by atoms with Crippen LogP contribution in [0.3, 0.4) is 0 Å². The van der Waals surface area contributed by atoms with Gasteiger partial charge in [-0.25, -0.2) is 0 Å². The van der Waals surface area contributed by atoms with Gasteiger partial charge in [0.05, 0.1) is 12.1 Å². The molecule has 0 aliphatic heterocycles. The van der Waals surface area contributed by atoms with Crippen molar-refractivity contribution in [3.8, 4) is 0 Å². The summed E-state index contributed by atoms with van der Waals surface area (Å²) in [5.41, 5.74) is 3.10. The number of thioether (sulfide) groups is 1. The Labute approximate surface area is 118 Å². The summed E-state index contributed by atoms with van der Waals surface area (Å²) in [6.45, 7) is 2.03. The van der Waals surface area contributed by atoms with Crippen LogP contribution in [0.2, 0.25) is 0 Å². The molecule has 1 amide bonds. The Morgan fingerprint density at radius 3 is 2.68 bits per heavy atom. The minimum atomic E-state index is 0.0205. The molecule has 0 radical (unpaired) electrons. The number of anilines is 1. The molecule has 0 unspecified atom stereocenters. The molecule has 19 heavy (non-hydrogen) atoms. The Morgan fingerprint density at radius 2 is 1.95 bits per heavy atom. The van der Waals surface area contributed by atoms with Crippen molar-refractivity contribution in [3.05, 3.63) is 59.7 Å². The molecule has 0 aromatic heterocycles. The highest BCUT2D eigenvalue weighted by Gasteiger charge is 2.07. The monoisotopic (exact) mass is 271 g/mol. The van der Waals surface area contributed by atoms with Gasteiger partial charge in [0.25, 0.3) is 0 Å². The molecule has 2 aromatic rings. The first-order chi connectivity index (χ1) is 9.19. The van der Waals surface area contributed by atoms with E-state index in [-0.39, 0.29) is 5.91 Å². The molecule has 0 saturated heterocycles. The predicted molar refractivity (Wildman–Crippen MR) is 81.7 cm³/mol. The molecule has 0 aliphatic rings. The molecule has 0 atom stereocenters. The molecule has 98 valence electrons. The largest absolute Gasteiger partial charge is 0.325 e. The maximum absolute atomic E-state index is 12.0. The van der Waals surface area contributed by atoms with E-state index in [1.165, 1.54) is 5.56 Å². The smallest absolute Gasteiger partial charge is 0.228 e. The average Bonchev–Trinajstić information content (AvgIpc) is 2.39. The Morgan fingerprint density at radius 1 is 1.16 bits per heavy atom. The standard InChI is InChI=1S/C16H17NOS/c1-12-6-5-7-13(10-12)11-16(18)17-14-8-3-4-9-15(14)19-2/h3-10H,11H2,1-2H3,(H,17,18). The van der Waals surface area contributed by atoms with Crippen molar-refractivity contribution in [2.24, 2.45) is 0 Å². The first kappa shape index (κ1) is 13.7. The van der Waals surface area contributed by atoms with Crippen LogP contribution < -0.4 is 5.32 Å². The zero-order valence-electron chi connectivity index (χ0n) is 11.1. The minimum Gasteiger partial charge on any atom is -0.325 e. The van der Waals surface area contributed by atoms with Gasteiger partial charge in [-0.05, 0) is 30.9 Å². The second-order valence-electron chi connectivity index (χ2n) is 4.41. The summed E-state index contributed by atoms with van der Waals surface area (Å²) in [6.07, 6.45) is 2.41. The molecule has 0 aliphatic carbocycles. The third-order valence-electron chi connectivity index (χ3n) is 2.83. The van der Waals surface area contributed by atoms with Gasteiger partial charge in [0.2, 0.25) is 5.91 Å². The van der Waals surface area contributed by atoms with Gasteiger partial charge in [0, 0.05) is 4.90 Å². The summed E-state index contributed by atoms with van der Waals surface area (Å²) >= 11 is 1.63. The van der Waals surface area contributed by atoms with Crippen molar-refractivity contribution < 1.29 is 4.79 Å². The number of para-hydroxylation sites is 1. The van der Waals surface area contributed by atoms with Crippen molar-refractivity contribution in [3.63, 3.8) is 0 Å². The van der Waals surface area contributed by atoms with E-state index < -0.39 is 0 Å². The number of aryl methyl sites for hydroxylation is 1. The van der Waals surface area contributed by atoms with E-state index in [1.54, 1.807) is 11.8 Å². The number of hydrogen-bond acceptors (Lipinski definition) is 2. The first-order valence-corrected chi connectivity index (χ1v) is 7.40. The highest BCUT2D eigenvalue weighted by Crippen LogP contribution is 2.24. The molecule has 0 fully saturated rings. The van der Waals surface area contributed by atoms with Gasteiger partial charge in [0.1, 0.15) is 0 Å². The number of nitrogens with one attached hydrogen (secondary N) is 1. The number of hydrogen-bond donors (Lipinski definition) is 1. The second-order valence-corrected chi connectivity index (χ2v) is 5.26. The summed E-state index contributed by atoms with van der Waals surface area (Å²) in [5.74, 6) is 0.0205. The lowest BCUT2D eigenvalue weighted by Gasteiger charge is -2.09. The number of amides is 1. The minimum absolute atomic E-state index is 0.0205. The van der Waals surface area contributed by atoms with Crippen LogP contribution in [-0.2, 0) is 11.2 Å². The maximum Gasteiger partial charge on any atom is 0.228 e. The Kier molecular flexibility index (Phi) is 4.63. The molecule has 2 aromatic carbocycles. The molecule has 1 N–H and O–H groups in total. The summed E-state index contributed by atoms with van der Waals surface area (Å²) in [5, 5.41) is 2.97. The van der Waals surface area contributed by atoms with Crippen LogP contribution in [0.4, 0.5) is 5.69 Å². The van der Waals surface area contributed by atoms with E-state index in [0.717, 1.165) is 16.1 Å². The van der Waals surface area contributed by atoms with E-state index in [0.29, 0.717) is 6.42 Å². The molecular weight excluding hydrogens is 254 g/mol. The van der Waals surface area contributed by atoms with E-state index >= 15 is 0 Å². The van der Waals surface area contributed by atoms with Crippen molar-refractivity contribution in [2.45, 2.75) is 18.2 Å². The van der Waals surface area contributed by atoms with Crippen LogP contribution in [0.1, 0.15) is 11.1 Å². The van der Waals surface area contributed by atoms with E-state index in [9.17, 15) is 4.79 Å². The average molecular weight is 271 g/mol. The van der Waals surface area contributed by atoms with E-state index in [2.05, 4.69) is 5.32 Å². The van der Waals surface area contributed by atoms with Crippen molar-refractivity contribution in [1.82, 2.24) is 0 Å².